The van der Waals surface area contributed by atoms with E-state index in [9.17, 15) is 4.79 Å². The van der Waals surface area contributed by atoms with Crippen LogP contribution >= 0.6 is 0 Å². The molecule has 0 spiro atoms. The van der Waals surface area contributed by atoms with E-state index in [0.717, 1.165) is 11.1 Å². The molecule has 1 atom stereocenters. The standard InChI is InChI=1S/C10H11NO2/c1-6(11)7-2-3-9-8(4-7)5-13-10(9)12/h2-4,6H,5,11H2,1H3. The maximum atomic E-state index is 11.1. The SMILES string of the molecule is CC(N)c1ccc2c(c1)COC2=O. The van der Waals surface area contributed by atoms with Gasteiger partial charge in [0, 0.05) is 11.6 Å². The molecule has 1 aromatic carbocycles. The Balaban J connectivity index is 2.45. The highest BCUT2D eigenvalue weighted by molar-refractivity contribution is 5.93. The van der Waals surface area contributed by atoms with Gasteiger partial charge in [-0.25, -0.2) is 4.79 Å². The Morgan fingerprint density at radius 1 is 1.54 bits per heavy atom. The van der Waals surface area contributed by atoms with Gasteiger partial charge in [-0.05, 0) is 24.6 Å². The molecule has 0 saturated heterocycles. The number of hydrogen-bond donors (Lipinski definition) is 1. The van der Waals surface area contributed by atoms with E-state index in [2.05, 4.69) is 0 Å². The molecule has 3 heteroatoms. The monoisotopic (exact) mass is 177 g/mol. The first-order valence-electron chi connectivity index (χ1n) is 4.24. The van der Waals surface area contributed by atoms with Crippen LogP contribution in [0.4, 0.5) is 0 Å². The molecule has 1 heterocycles. The van der Waals surface area contributed by atoms with Crippen LogP contribution in [0.2, 0.25) is 0 Å². The number of rotatable bonds is 1. The van der Waals surface area contributed by atoms with Crippen molar-refractivity contribution in [2.24, 2.45) is 5.73 Å². The molecule has 68 valence electrons. The van der Waals surface area contributed by atoms with Crippen molar-refractivity contribution in [2.75, 3.05) is 0 Å². The van der Waals surface area contributed by atoms with Crippen LogP contribution in [0.5, 0.6) is 0 Å². The minimum absolute atomic E-state index is 0.000928. The molecule has 1 aliphatic rings. The van der Waals surface area contributed by atoms with Crippen LogP contribution in [-0.2, 0) is 11.3 Å². The molecule has 0 amide bonds. The van der Waals surface area contributed by atoms with Gasteiger partial charge in [0.25, 0.3) is 0 Å². The van der Waals surface area contributed by atoms with Crippen molar-refractivity contribution >= 4 is 5.97 Å². The van der Waals surface area contributed by atoms with Crippen LogP contribution in [0.3, 0.4) is 0 Å². The van der Waals surface area contributed by atoms with Gasteiger partial charge in [-0.1, -0.05) is 6.07 Å². The van der Waals surface area contributed by atoms with Gasteiger partial charge in [0.05, 0.1) is 5.56 Å². The molecule has 0 aromatic heterocycles. The van der Waals surface area contributed by atoms with Crippen molar-refractivity contribution in [1.29, 1.82) is 0 Å². The first-order chi connectivity index (χ1) is 6.18. The van der Waals surface area contributed by atoms with Gasteiger partial charge in [0.15, 0.2) is 0 Å². The number of benzene rings is 1. The zero-order chi connectivity index (χ0) is 9.42. The summed E-state index contributed by atoms with van der Waals surface area (Å²) < 4.78 is 4.88. The molecular weight excluding hydrogens is 166 g/mol. The van der Waals surface area contributed by atoms with E-state index in [1.807, 2.05) is 19.1 Å². The van der Waals surface area contributed by atoms with Crippen LogP contribution in [-0.4, -0.2) is 5.97 Å². The maximum Gasteiger partial charge on any atom is 0.338 e. The number of fused-ring (bicyclic) bond motifs is 1. The fourth-order valence-corrected chi connectivity index (χ4v) is 1.44. The van der Waals surface area contributed by atoms with Gasteiger partial charge in [-0.3, -0.25) is 0 Å². The van der Waals surface area contributed by atoms with Crippen molar-refractivity contribution in [1.82, 2.24) is 0 Å². The molecule has 0 bridgehead atoms. The Hall–Kier alpha value is -1.35. The maximum absolute atomic E-state index is 11.1. The van der Waals surface area contributed by atoms with Crippen molar-refractivity contribution in [3.05, 3.63) is 34.9 Å². The lowest BCUT2D eigenvalue weighted by atomic mass is 10.0. The lowest BCUT2D eigenvalue weighted by Gasteiger charge is -2.05. The topological polar surface area (TPSA) is 52.3 Å². The predicted octanol–water partition coefficient (Wildman–Crippen LogP) is 1.38. The first-order valence-corrected chi connectivity index (χ1v) is 4.24. The molecule has 13 heavy (non-hydrogen) atoms. The minimum Gasteiger partial charge on any atom is -0.457 e. The number of carbonyl (C=O) groups is 1. The van der Waals surface area contributed by atoms with Gasteiger partial charge in [0.1, 0.15) is 6.61 Å². The average molecular weight is 177 g/mol. The summed E-state index contributed by atoms with van der Waals surface area (Å²) in [5, 5.41) is 0. The molecule has 1 unspecified atom stereocenters. The average Bonchev–Trinajstić information content (AvgIpc) is 2.47. The van der Waals surface area contributed by atoms with Crippen molar-refractivity contribution in [3.8, 4) is 0 Å². The second kappa shape index (κ2) is 2.85. The highest BCUT2D eigenvalue weighted by Gasteiger charge is 2.21. The summed E-state index contributed by atoms with van der Waals surface area (Å²) in [5.41, 5.74) is 8.37. The van der Waals surface area contributed by atoms with E-state index in [-0.39, 0.29) is 12.0 Å². The second-order valence-corrected chi connectivity index (χ2v) is 3.28. The number of cyclic esters (lactones) is 1. The number of carbonyl (C=O) groups excluding carboxylic acids is 1. The molecule has 3 nitrogen and oxygen atoms in total. The van der Waals surface area contributed by atoms with E-state index < -0.39 is 0 Å². The molecule has 0 fully saturated rings. The zero-order valence-electron chi connectivity index (χ0n) is 7.41. The number of nitrogens with two attached hydrogens (primary N) is 1. The lowest BCUT2D eigenvalue weighted by molar-refractivity contribution is 0.0535. The molecule has 2 rings (SSSR count). The third kappa shape index (κ3) is 1.31. The van der Waals surface area contributed by atoms with E-state index in [1.165, 1.54) is 0 Å². The van der Waals surface area contributed by atoms with Gasteiger partial charge in [-0.15, -0.1) is 0 Å². The van der Waals surface area contributed by atoms with Gasteiger partial charge >= 0.3 is 5.97 Å². The molecule has 1 aromatic rings. The smallest absolute Gasteiger partial charge is 0.338 e. The van der Waals surface area contributed by atoms with Crippen LogP contribution in [0.1, 0.15) is 34.5 Å². The van der Waals surface area contributed by atoms with Crippen LogP contribution in [0.25, 0.3) is 0 Å². The van der Waals surface area contributed by atoms with Gasteiger partial charge in [0.2, 0.25) is 0 Å². The van der Waals surface area contributed by atoms with Crippen LogP contribution in [0, 0.1) is 0 Å². The van der Waals surface area contributed by atoms with Gasteiger partial charge < -0.3 is 10.5 Å². The Kier molecular flexibility index (Phi) is 1.81. The van der Waals surface area contributed by atoms with Crippen molar-refractivity contribution in [3.63, 3.8) is 0 Å². The third-order valence-corrected chi connectivity index (χ3v) is 2.23. The number of esters is 1. The van der Waals surface area contributed by atoms with E-state index in [1.54, 1.807) is 6.07 Å². The molecular formula is C10H11NO2. The normalized spacial score (nSPS) is 16.6. The summed E-state index contributed by atoms with van der Waals surface area (Å²) in [6.45, 7) is 2.30. The summed E-state index contributed by atoms with van der Waals surface area (Å²) >= 11 is 0. The number of ether oxygens (including phenoxy) is 1. The Labute approximate surface area is 76.5 Å². The van der Waals surface area contributed by atoms with E-state index >= 15 is 0 Å². The Morgan fingerprint density at radius 2 is 2.31 bits per heavy atom. The van der Waals surface area contributed by atoms with E-state index in [0.29, 0.717) is 12.2 Å². The predicted molar refractivity (Wildman–Crippen MR) is 48.2 cm³/mol. The minimum atomic E-state index is -0.230. The molecule has 0 saturated carbocycles. The Bertz CT molecular complexity index is 358. The first kappa shape index (κ1) is 8.26. The Morgan fingerprint density at radius 3 is 3.00 bits per heavy atom. The summed E-state index contributed by atoms with van der Waals surface area (Å²) in [7, 11) is 0. The second-order valence-electron chi connectivity index (χ2n) is 3.28. The summed E-state index contributed by atoms with van der Waals surface area (Å²) in [6.07, 6.45) is 0. The fraction of sp³-hybridized carbons (Fsp3) is 0.300. The van der Waals surface area contributed by atoms with Crippen molar-refractivity contribution in [2.45, 2.75) is 19.6 Å². The summed E-state index contributed by atoms with van der Waals surface area (Å²) in [4.78, 5) is 11.1. The largest absolute Gasteiger partial charge is 0.457 e. The molecule has 0 aliphatic carbocycles. The number of hydrogen-bond acceptors (Lipinski definition) is 3. The zero-order valence-corrected chi connectivity index (χ0v) is 7.41. The van der Waals surface area contributed by atoms with Crippen LogP contribution in [0.15, 0.2) is 18.2 Å². The summed E-state index contributed by atoms with van der Waals surface area (Å²) in [5.74, 6) is -0.230. The molecule has 0 radical (unpaired) electrons. The highest BCUT2D eigenvalue weighted by Crippen LogP contribution is 2.22. The third-order valence-electron chi connectivity index (χ3n) is 2.23. The van der Waals surface area contributed by atoms with Crippen molar-refractivity contribution < 1.29 is 9.53 Å². The molecule has 1 aliphatic heterocycles. The fourth-order valence-electron chi connectivity index (χ4n) is 1.44. The highest BCUT2D eigenvalue weighted by atomic mass is 16.5. The summed E-state index contributed by atoms with van der Waals surface area (Å²) in [6, 6.07) is 5.59. The van der Waals surface area contributed by atoms with Crippen LogP contribution < -0.4 is 5.73 Å². The van der Waals surface area contributed by atoms with E-state index in [4.69, 9.17) is 10.5 Å². The van der Waals surface area contributed by atoms with Gasteiger partial charge in [-0.2, -0.15) is 0 Å². The molecule has 2 N–H and O–H groups in total. The lowest BCUT2D eigenvalue weighted by Crippen LogP contribution is -2.05. The quantitative estimate of drug-likeness (QED) is 0.659.